The number of hydrogen-bond acceptors (Lipinski definition) is 11. The quantitative estimate of drug-likeness (QED) is 0.109. The van der Waals surface area contributed by atoms with Gasteiger partial charge in [0.1, 0.15) is 42.5 Å². The van der Waals surface area contributed by atoms with Gasteiger partial charge in [-0.1, -0.05) is 432 Å². The maximum absolute atomic E-state index is 10.8. The average molecular weight is 2020 g/mol. The first kappa shape index (κ1) is 139. The lowest BCUT2D eigenvalue weighted by atomic mass is 10.1. The minimum absolute atomic E-state index is 0.300. The lowest BCUT2D eigenvalue weighted by molar-refractivity contribution is -0.477. The molecule has 4 aliphatic carbocycles. The van der Waals surface area contributed by atoms with E-state index in [2.05, 4.69) is 305 Å². The Hall–Kier alpha value is -12.5. The molecule has 16 aromatic rings. The van der Waals surface area contributed by atoms with Crippen molar-refractivity contribution >= 4 is 112 Å². The molecule has 0 unspecified atom stereocenters. The number of thiophene rings is 2. The van der Waals surface area contributed by atoms with Crippen LogP contribution < -0.4 is 15.1 Å². The molecule has 145 heavy (non-hydrogen) atoms. The van der Waals surface area contributed by atoms with Crippen molar-refractivity contribution < 1.29 is 22.9 Å². The number of allylic oxidation sites excluding steroid dienone is 9. The van der Waals surface area contributed by atoms with Crippen molar-refractivity contribution in [3.63, 3.8) is 0 Å². The van der Waals surface area contributed by atoms with Gasteiger partial charge in [-0.15, -0.1) is 22.7 Å². The molecular formula is C133H187N4O5S3+. The van der Waals surface area contributed by atoms with Crippen LogP contribution in [0.4, 0.5) is 0 Å². The Morgan fingerprint density at radius 1 is 0.379 bits per heavy atom. The van der Waals surface area contributed by atoms with Gasteiger partial charge in [-0.3, -0.25) is 4.98 Å². The molecule has 0 atom stereocenters. The van der Waals surface area contributed by atoms with Crippen LogP contribution >= 0.6 is 34.4 Å². The van der Waals surface area contributed by atoms with Crippen molar-refractivity contribution in [1.82, 2.24) is 13.7 Å². The molecule has 8 heterocycles. The maximum atomic E-state index is 10.8. The molecule has 6 aromatic heterocycles. The highest BCUT2D eigenvalue weighted by atomic mass is 32.1. The van der Waals surface area contributed by atoms with Crippen LogP contribution in [0, 0.1) is 69.2 Å². The second-order valence-corrected chi connectivity index (χ2v) is 32.1. The molecule has 9 nitrogen and oxygen atoms in total. The minimum Gasteiger partial charge on any atom is -0.486 e. The number of benzene rings is 10. The number of rotatable bonds is 0. The molecule has 0 N–H and O–H groups in total. The molecule has 786 valence electrons. The molecule has 0 bridgehead atoms. The van der Waals surface area contributed by atoms with Crippen molar-refractivity contribution in [3.8, 4) is 11.5 Å². The van der Waals surface area contributed by atoms with Gasteiger partial charge in [0.05, 0.1) is 23.5 Å². The Morgan fingerprint density at radius 3 is 1.48 bits per heavy atom. The van der Waals surface area contributed by atoms with Gasteiger partial charge in [0.25, 0.3) is 0 Å². The van der Waals surface area contributed by atoms with Crippen molar-refractivity contribution in [2.24, 2.45) is 0 Å². The van der Waals surface area contributed by atoms with Crippen LogP contribution in [-0.2, 0) is 19.3 Å². The van der Waals surface area contributed by atoms with E-state index in [1.54, 1.807) is 23.7 Å². The summed E-state index contributed by atoms with van der Waals surface area (Å²) in [7, 11) is 2.06. The SMILES string of the molecule is CC.CC.CC.CC.CC.CC.CC.CC.CC.CC.CC.CC.CC.CC1=CC=CC1.CC1=CCc2ccccc21.C[N+]1=CC=CC1.Cc1ccc2c(c1)C=CC2.Cc1ccc2oc(=O)ccc2c1.Cc1ccc2occc2c1.Cc1cccc2c1C=CC2.Cc1cccc2c1OCCO2.Cc1cccc2cccnc12.Cc1cccc2nsnc12.Cc1ccccc1.Cc1cccs1.Cc1csc2ccccc12. The Morgan fingerprint density at radius 2 is 0.931 bits per heavy atom. The Bertz CT molecular complexity index is 6150. The van der Waals surface area contributed by atoms with E-state index in [1.165, 1.54) is 133 Å². The molecule has 0 saturated heterocycles. The number of ether oxygens (including phenoxy) is 2. The number of furan rings is 1. The molecule has 0 radical (unpaired) electrons. The highest BCUT2D eigenvalue weighted by Gasteiger charge is 2.13. The summed E-state index contributed by atoms with van der Waals surface area (Å²) in [6.45, 7) is 79.6. The molecule has 0 saturated carbocycles. The summed E-state index contributed by atoms with van der Waals surface area (Å²) in [6.07, 6.45) is 31.8. The first-order valence-electron chi connectivity index (χ1n) is 53.3. The van der Waals surface area contributed by atoms with Crippen LogP contribution in [0.15, 0.2) is 340 Å². The zero-order valence-corrected chi connectivity index (χ0v) is 99.3. The number of likely N-dealkylation sites (N-methyl/N-ethyl adjacent to an activating group) is 1. The molecule has 0 fully saturated rings. The van der Waals surface area contributed by atoms with Crippen LogP contribution in [0.1, 0.15) is 289 Å². The average Bonchev–Trinajstić information content (AvgIpc) is 1.77. The summed E-state index contributed by atoms with van der Waals surface area (Å²) in [5, 5.41) is 9.04. The van der Waals surface area contributed by atoms with Gasteiger partial charge < -0.3 is 18.3 Å². The van der Waals surface area contributed by atoms with E-state index in [0.717, 1.165) is 76.0 Å². The molecule has 2 aliphatic heterocycles. The zero-order valence-electron chi connectivity index (χ0n) is 96.8. The predicted octanol–water partition coefficient (Wildman–Crippen LogP) is 41.7. The molecule has 22 rings (SSSR count). The van der Waals surface area contributed by atoms with Crippen molar-refractivity contribution in [2.75, 3.05) is 26.8 Å². The fourth-order valence-corrected chi connectivity index (χ4v) is 15.1. The summed E-state index contributed by atoms with van der Waals surface area (Å²) < 4.78 is 32.7. The van der Waals surface area contributed by atoms with Gasteiger partial charge in [0.15, 0.2) is 24.3 Å². The van der Waals surface area contributed by atoms with Crippen LogP contribution in [0.25, 0.3) is 71.7 Å². The van der Waals surface area contributed by atoms with Gasteiger partial charge in [0.2, 0.25) is 0 Å². The fourth-order valence-electron chi connectivity index (χ4n) is 13.0. The Balaban J connectivity index is -0.000000731. The summed E-state index contributed by atoms with van der Waals surface area (Å²) in [6, 6.07) is 83.9. The number of para-hydroxylation sites is 2. The highest BCUT2D eigenvalue weighted by molar-refractivity contribution is 7.17. The molecule has 12 heteroatoms. The number of aryl methyl sites for hydroxylation is 10. The largest absolute Gasteiger partial charge is 0.486 e. The maximum Gasteiger partial charge on any atom is 0.336 e. The van der Waals surface area contributed by atoms with E-state index in [1.807, 2.05) is 315 Å². The number of nitrogens with zero attached hydrogens (tertiary/aromatic N) is 4. The first-order chi connectivity index (χ1) is 70.8. The van der Waals surface area contributed by atoms with Crippen LogP contribution in [0.2, 0.25) is 0 Å². The smallest absolute Gasteiger partial charge is 0.336 e. The lowest BCUT2D eigenvalue weighted by Crippen LogP contribution is -2.15. The van der Waals surface area contributed by atoms with Crippen molar-refractivity contribution in [1.29, 1.82) is 0 Å². The van der Waals surface area contributed by atoms with Gasteiger partial charge in [-0.25, -0.2) is 9.37 Å². The van der Waals surface area contributed by atoms with Crippen LogP contribution in [-0.4, -0.2) is 51.3 Å². The standard InChI is InChI=1S/C10H9N.C10H8O2.3C10H10.C9H10O2.C9H8O.C9H8S.C7H6N2S.C7H8.C6H8.C5H8N.C5H6S.13C2H6/c1-8-4-2-5-9-6-3-7-11-10(8)9;1-7-2-4-9-8(6-7)3-5-10(11)12-9;1-8-4-2-5-9-6-3-7-10(8)9;1-8-5-6-9-3-2-4-10(9)7-8;1-8-6-7-9-4-2-3-5-10(8)9;1-7-3-2-4-8-9(7)11-6-5-10-8;1-7-2-3-9-8(6-7)4-5-10-9;1-7-6-10-9-5-3-2-4-8(7)9;1-5-3-2-4-6-7(5)9-10-8-6;1-7-5-3-2-4-6-7;2*1-6-4-2-3-5-6;1-5-3-2-4-6-5;13*1-2/h2-7H,1H3;2-6H,1H3;2-5,7H,6H2,1H3;2,4-7H,3H2,1H3;2-6H,7H2,1H3;2-4H,5-6H2,1H3;2*2-6H,1H3;2-4H,1H3;2-6H,1H3;2*2-4H,5H2,1H3;2-4H,1H3;13*1-2H3/q;;;;;;;;;;;+1;;;;;;;;;;;;;;. The van der Waals surface area contributed by atoms with Gasteiger partial charge >= 0.3 is 5.63 Å². The van der Waals surface area contributed by atoms with E-state index in [9.17, 15) is 4.79 Å². The normalized spacial score (nSPS) is 10.7. The second kappa shape index (κ2) is 91.5. The first-order valence-corrected chi connectivity index (χ1v) is 55.8. The monoisotopic (exact) mass is 2020 g/mol. The van der Waals surface area contributed by atoms with Crippen LogP contribution in [0.3, 0.4) is 0 Å². The van der Waals surface area contributed by atoms with E-state index >= 15 is 0 Å². The number of hydrogen-bond donors (Lipinski definition) is 0. The number of fused-ring (bicyclic) bond motifs is 9. The third-order valence-electron chi connectivity index (χ3n) is 19.6. The second-order valence-electron chi connectivity index (χ2n) is 29.5. The zero-order chi connectivity index (χ0) is 110. The van der Waals surface area contributed by atoms with Gasteiger partial charge in [-0.2, -0.15) is 8.75 Å². The third-order valence-corrected chi connectivity index (χ3v) is 22.0. The van der Waals surface area contributed by atoms with E-state index < -0.39 is 0 Å². The van der Waals surface area contributed by atoms with Gasteiger partial charge in [0, 0.05) is 44.1 Å². The van der Waals surface area contributed by atoms with Crippen molar-refractivity contribution in [3.05, 3.63) is 425 Å². The number of pyridine rings is 1. The van der Waals surface area contributed by atoms with Crippen LogP contribution in [0.5, 0.6) is 11.5 Å². The van der Waals surface area contributed by atoms with E-state index in [-0.39, 0.29) is 5.63 Å². The Kier molecular flexibility index (Phi) is 87.6. The number of aromatic nitrogens is 3. The summed E-state index contributed by atoms with van der Waals surface area (Å²) >= 11 is 4.86. The summed E-state index contributed by atoms with van der Waals surface area (Å²) in [4.78, 5) is 16.5. The van der Waals surface area contributed by atoms with E-state index in [4.69, 9.17) is 18.3 Å². The lowest BCUT2D eigenvalue weighted by Gasteiger charge is -2.19. The summed E-state index contributed by atoms with van der Waals surface area (Å²) in [5.74, 6) is 1.77. The van der Waals surface area contributed by atoms with Crippen molar-refractivity contribution in [2.45, 2.75) is 289 Å². The molecular weight excluding hydrogens is 1830 g/mol. The highest BCUT2D eigenvalue weighted by Crippen LogP contribution is 2.33. The topological polar surface area (TPSA) is 103 Å². The minimum atomic E-state index is -0.300. The molecule has 0 amide bonds. The molecule has 6 aliphatic rings. The third kappa shape index (κ3) is 56.0. The van der Waals surface area contributed by atoms with Gasteiger partial charge in [-0.05, 0) is 264 Å². The predicted molar refractivity (Wildman–Crippen MR) is 659 cm³/mol. The molecule has 10 aromatic carbocycles. The van der Waals surface area contributed by atoms with E-state index in [0.29, 0.717) is 18.8 Å². The Labute approximate surface area is 894 Å². The molecule has 0 spiro atoms. The summed E-state index contributed by atoms with van der Waals surface area (Å²) in [5.41, 5.74) is 27.5. The fraction of sp³-hybridized carbons (Fsp3) is 0.346.